The standard InChI is InChI=1S/C17H20N2O4/c1-13(22-12-16-4-2-11-21-16)17(20)23-15-7-5-14(6-8-15)19-10-3-9-18-19/h3,5-10,13,16H,2,4,11-12H2,1H3/t13-,16-/m0/s1. The molecule has 1 fully saturated rings. The third-order valence-corrected chi connectivity index (χ3v) is 3.71. The van der Waals surface area contributed by atoms with Crippen molar-refractivity contribution in [3.8, 4) is 11.4 Å². The summed E-state index contributed by atoms with van der Waals surface area (Å²) in [6.07, 6.45) is 5.07. The Morgan fingerprint density at radius 2 is 2.26 bits per heavy atom. The third-order valence-electron chi connectivity index (χ3n) is 3.71. The Morgan fingerprint density at radius 3 is 2.91 bits per heavy atom. The fourth-order valence-electron chi connectivity index (χ4n) is 2.38. The topological polar surface area (TPSA) is 62.6 Å². The van der Waals surface area contributed by atoms with Crippen LogP contribution in [0.15, 0.2) is 42.7 Å². The maximum absolute atomic E-state index is 12.0. The fraction of sp³-hybridized carbons (Fsp3) is 0.412. The first-order chi connectivity index (χ1) is 11.2. The Labute approximate surface area is 135 Å². The van der Waals surface area contributed by atoms with E-state index in [1.807, 2.05) is 24.4 Å². The van der Waals surface area contributed by atoms with Gasteiger partial charge in [-0.3, -0.25) is 0 Å². The van der Waals surface area contributed by atoms with Crippen molar-refractivity contribution in [1.82, 2.24) is 9.78 Å². The van der Waals surface area contributed by atoms with Gasteiger partial charge in [-0.15, -0.1) is 0 Å². The molecule has 1 saturated heterocycles. The number of benzene rings is 1. The zero-order chi connectivity index (χ0) is 16.1. The van der Waals surface area contributed by atoms with Gasteiger partial charge in [0.25, 0.3) is 0 Å². The van der Waals surface area contributed by atoms with E-state index in [9.17, 15) is 4.79 Å². The molecule has 0 radical (unpaired) electrons. The lowest BCUT2D eigenvalue weighted by Gasteiger charge is -2.15. The number of nitrogens with zero attached hydrogens (tertiary/aromatic N) is 2. The van der Waals surface area contributed by atoms with Gasteiger partial charge in [-0.1, -0.05) is 0 Å². The van der Waals surface area contributed by atoms with E-state index in [2.05, 4.69) is 5.10 Å². The molecule has 1 aromatic carbocycles. The monoisotopic (exact) mass is 316 g/mol. The van der Waals surface area contributed by atoms with Gasteiger partial charge >= 0.3 is 5.97 Å². The second-order valence-electron chi connectivity index (χ2n) is 5.48. The highest BCUT2D eigenvalue weighted by atomic mass is 16.6. The summed E-state index contributed by atoms with van der Waals surface area (Å²) < 4.78 is 18.1. The normalized spacial score (nSPS) is 18.7. The van der Waals surface area contributed by atoms with Gasteiger partial charge in [0.15, 0.2) is 6.10 Å². The predicted octanol–water partition coefficient (Wildman–Crippen LogP) is 2.36. The van der Waals surface area contributed by atoms with Crippen LogP contribution in [0.5, 0.6) is 5.75 Å². The number of esters is 1. The molecule has 0 saturated carbocycles. The number of carbonyl (C=O) groups excluding carboxylic acids is 1. The largest absolute Gasteiger partial charge is 0.425 e. The Morgan fingerprint density at radius 1 is 1.43 bits per heavy atom. The molecule has 6 nitrogen and oxygen atoms in total. The quantitative estimate of drug-likeness (QED) is 0.605. The Balaban J connectivity index is 1.50. The minimum atomic E-state index is -0.620. The summed E-state index contributed by atoms with van der Waals surface area (Å²) in [5.41, 5.74) is 0.900. The molecular weight excluding hydrogens is 296 g/mol. The average Bonchev–Trinajstić information content (AvgIpc) is 3.26. The van der Waals surface area contributed by atoms with E-state index < -0.39 is 12.1 Å². The van der Waals surface area contributed by atoms with Crippen LogP contribution in [-0.2, 0) is 14.3 Å². The summed E-state index contributed by atoms with van der Waals surface area (Å²) in [7, 11) is 0. The lowest BCUT2D eigenvalue weighted by molar-refractivity contribution is -0.148. The molecule has 2 aromatic rings. The second kappa shape index (κ2) is 7.39. The number of rotatable bonds is 6. The summed E-state index contributed by atoms with van der Waals surface area (Å²) in [6, 6.07) is 9.01. The zero-order valence-electron chi connectivity index (χ0n) is 13.1. The van der Waals surface area contributed by atoms with E-state index in [1.54, 1.807) is 29.9 Å². The number of ether oxygens (including phenoxy) is 3. The van der Waals surface area contributed by atoms with Crippen molar-refractivity contribution in [3.63, 3.8) is 0 Å². The van der Waals surface area contributed by atoms with Crippen molar-refractivity contribution in [3.05, 3.63) is 42.7 Å². The van der Waals surface area contributed by atoms with Gasteiger partial charge in [-0.2, -0.15) is 5.10 Å². The van der Waals surface area contributed by atoms with Crippen molar-refractivity contribution in [1.29, 1.82) is 0 Å². The number of hydrogen-bond donors (Lipinski definition) is 0. The number of carbonyl (C=O) groups is 1. The third kappa shape index (κ3) is 4.18. The highest BCUT2D eigenvalue weighted by molar-refractivity contribution is 5.76. The zero-order valence-corrected chi connectivity index (χ0v) is 13.1. The molecule has 0 amide bonds. The summed E-state index contributed by atoms with van der Waals surface area (Å²) in [4.78, 5) is 12.0. The molecule has 1 aromatic heterocycles. The molecule has 3 rings (SSSR count). The van der Waals surface area contributed by atoms with Gasteiger partial charge in [0.1, 0.15) is 5.75 Å². The summed E-state index contributed by atoms with van der Waals surface area (Å²) in [5.74, 6) is 0.0771. The molecule has 6 heteroatoms. The van der Waals surface area contributed by atoms with E-state index in [0.29, 0.717) is 12.4 Å². The smallest absolute Gasteiger partial charge is 0.340 e. The van der Waals surface area contributed by atoms with Gasteiger partial charge in [0.2, 0.25) is 0 Å². The SMILES string of the molecule is C[C@H](OC[C@@H]1CCCO1)C(=O)Oc1ccc(-n2cccn2)cc1. The minimum Gasteiger partial charge on any atom is -0.425 e. The van der Waals surface area contributed by atoms with Gasteiger partial charge in [-0.05, 0) is 50.1 Å². The molecule has 2 atom stereocenters. The fourth-order valence-corrected chi connectivity index (χ4v) is 2.38. The first-order valence-electron chi connectivity index (χ1n) is 7.77. The Hall–Kier alpha value is -2.18. The van der Waals surface area contributed by atoms with Crippen molar-refractivity contribution < 1.29 is 19.0 Å². The van der Waals surface area contributed by atoms with Gasteiger partial charge in [0.05, 0.1) is 18.4 Å². The molecule has 122 valence electrons. The molecule has 1 aliphatic rings. The van der Waals surface area contributed by atoms with Crippen molar-refractivity contribution in [2.75, 3.05) is 13.2 Å². The summed E-state index contributed by atoms with van der Waals surface area (Å²) in [5, 5.41) is 4.14. The van der Waals surface area contributed by atoms with E-state index >= 15 is 0 Å². The second-order valence-corrected chi connectivity index (χ2v) is 5.48. The molecule has 23 heavy (non-hydrogen) atoms. The molecule has 0 aliphatic carbocycles. The van der Waals surface area contributed by atoms with Crippen molar-refractivity contribution in [2.24, 2.45) is 0 Å². The lowest BCUT2D eigenvalue weighted by Crippen LogP contribution is -2.29. The van der Waals surface area contributed by atoms with Crippen LogP contribution >= 0.6 is 0 Å². The Kier molecular flexibility index (Phi) is 5.05. The van der Waals surface area contributed by atoms with Crippen LogP contribution < -0.4 is 4.74 Å². The average molecular weight is 316 g/mol. The molecule has 2 heterocycles. The van der Waals surface area contributed by atoms with Crippen molar-refractivity contribution in [2.45, 2.75) is 32.0 Å². The van der Waals surface area contributed by atoms with Gasteiger partial charge in [0, 0.05) is 19.0 Å². The Bertz CT molecular complexity index is 619. The number of hydrogen-bond acceptors (Lipinski definition) is 5. The van der Waals surface area contributed by atoms with E-state index in [-0.39, 0.29) is 6.10 Å². The molecule has 0 spiro atoms. The summed E-state index contributed by atoms with van der Waals surface area (Å²) >= 11 is 0. The molecular formula is C17H20N2O4. The van der Waals surface area contributed by atoms with E-state index in [1.165, 1.54) is 0 Å². The van der Waals surface area contributed by atoms with Crippen LogP contribution in [0.1, 0.15) is 19.8 Å². The van der Waals surface area contributed by atoms with Crippen LogP contribution in [0.4, 0.5) is 0 Å². The molecule has 0 N–H and O–H groups in total. The molecule has 1 aliphatic heterocycles. The highest BCUT2D eigenvalue weighted by Gasteiger charge is 2.21. The maximum Gasteiger partial charge on any atom is 0.340 e. The van der Waals surface area contributed by atoms with Crippen LogP contribution in [0.3, 0.4) is 0 Å². The maximum atomic E-state index is 12.0. The minimum absolute atomic E-state index is 0.0959. The first-order valence-corrected chi connectivity index (χ1v) is 7.77. The van der Waals surface area contributed by atoms with E-state index in [0.717, 1.165) is 25.1 Å². The van der Waals surface area contributed by atoms with Crippen LogP contribution in [0.25, 0.3) is 5.69 Å². The molecule has 0 bridgehead atoms. The van der Waals surface area contributed by atoms with E-state index in [4.69, 9.17) is 14.2 Å². The van der Waals surface area contributed by atoms with Gasteiger partial charge in [-0.25, -0.2) is 9.48 Å². The first kappa shape index (κ1) is 15.7. The summed E-state index contributed by atoms with van der Waals surface area (Å²) in [6.45, 7) is 2.89. The van der Waals surface area contributed by atoms with Crippen LogP contribution in [0.2, 0.25) is 0 Å². The van der Waals surface area contributed by atoms with Crippen molar-refractivity contribution >= 4 is 5.97 Å². The highest BCUT2D eigenvalue weighted by Crippen LogP contribution is 2.16. The van der Waals surface area contributed by atoms with Crippen LogP contribution in [0, 0.1) is 0 Å². The molecule has 0 unspecified atom stereocenters. The lowest BCUT2D eigenvalue weighted by atomic mass is 10.2. The number of aromatic nitrogens is 2. The predicted molar refractivity (Wildman–Crippen MR) is 83.6 cm³/mol. The van der Waals surface area contributed by atoms with Gasteiger partial charge < -0.3 is 14.2 Å². The van der Waals surface area contributed by atoms with Crippen LogP contribution in [-0.4, -0.2) is 41.2 Å².